The van der Waals surface area contributed by atoms with E-state index in [-0.39, 0.29) is 73.0 Å². The zero-order valence-electron chi connectivity index (χ0n) is 48.3. The Balaban J connectivity index is 0.000000393. The van der Waals surface area contributed by atoms with Gasteiger partial charge in [0.05, 0.1) is 92.7 Å². The van der Waals surface area contributed by atoms with Crippen molar-refractivity contribution in [3.63, 3.8) is 0 Å². The largest absolute Gasteiger partial charge is 1.00 e. The standard InChI is InChI=1S/C17H14ClF4N5O.C11H9FN2O.C11H11FN2.C9H8FN3.C7H6ClF3N2O2.CH2O2.Al.Li.4H/c1-10-15(18)16(17(20,21)22)24-26(10)9-14(28)25(2)13-7-23-27(8-13)12-5-3-11(19)4-6-12;12-10-1-3-11(4-2-10)14-8-9(5-6-15)7-13-14;1-2-9-7-13-14(8-9)11-5-3-10(12)4-6-11;10-7-1-3-9(4-2-7)13-6-8(11)5-12-13;1-3-5(8)6(7(9,10)11)12-13(3)2-4(14)15;2-1-3;;;;;;/h3-8H,9H2,1-2H3;1-4,6-8H,5H2;3-8H,2H2,1H3;1-6H,11H2;2H2,1H3,(H,14,15);1H,(H,2,3);;;;;;/q;;;;;;;+1;;;;-1. The van der Waals surface area contributed by atoms with Crippen molar-refractivity contribution < 1.29 is 93.6 Å². The van der Waals surface area contributed by atoms with Gasteiger partial charge < -0.3 is 27.1 Å². The van der Waals surface area contributed by atoms with Crippen LogP contribution in [0, 0.1) is 37.1 Å². The zero-order chi connectivity index (χ0) is 65.0. The predicted molar refractivity (Wildman–Crippen MR) is 312 cm³/mol. The Labute approximate surface area is 539 Å². The summed E-state index contributed by atoms with van der Waals surface area (Å²) in [6, 6.07) is 23.9. The van der Waals surface area contributed by atoms with Crippen LogP contribution in [0.25, 0.3) is 22.7 Å². The van der Waals surface area contributed by atoms with Gasteiger partial charge in [-0.1, -0.05) is 30.1 Å². The van der Waals surface area contributed by atoms with E-state index in [1.54, 1.807) is 75.2 Å². The summed E-state index contributed by atoms with van der Waals surface area (Å²) in [4.78, 5) is 42.7. The van der Waals surface area contributed by atoms with Gasteiger partial charge in [-0.3, -0.25) is 23.7 Å². The second kappa shape index (κ2) is 34.7. The van der Waals surface area contributed by atoms with E-state index in [0.717, 1.165) is 40.0 Å². The molecule has 0 spiro atoms. The summed E-state index contributed by atoms with van der Waals surface area (Å²) in [5, 5.41) is 37.0. The summed E-state index contributed by atoms with van der Waals surface area (Å²) in [5.74, 6) is -2.96. The van der Waals surface area contributed by atoms with Gasteiger partial charge in [-0.2, -0.15) is 56.9 Å². The van der Waals surface area contributed by atoms with Crippen molar-refractivity contribution >= 4 is 76.6 Å². The summed E-state index contributed by atoms with van der Waals surface area (Å²) in [6.07, 6.45) is 6.06. The second-order valence-electron chi connectivity index (χ2n) is 17.8. The van der Waals surface area contributed by atoms with Crippen LogP contribution in [0.15, 0.2) is 147 Å². The van der Waals surface area contributed by atoms with Crippen LogP contribution in [0.5, 0.6) is 0 Å². The van der Waals surface area contributed by atoms with Crippen molar-refractivity contribution in [3.05, 3.63) is 214 Å². The van der Waals surface area contributed by atoms with Gasteiger partial charge in [-0.05, 0) is 128 Å². The SMILES string of the molecule is CCc1cnn(-c2ccc(F)cc2)c1.Cc1c(Cl)c(C(F)(F)F)nn1CC(=O)N(C)c1cnn(-c2ccc(F)cc2)c1.Cc1c(Cl)c(C(F)(F)F)nn1CC(=O)O.Nc1cnn(-c2ccc(F)cc2)c1.O=CCc1cnn(-c2ccc(F)cc2)c1.O=CO.[AlH3].[H-].[Li+]. The Morgan fingerprint density at radius 1 is 0.589 bits per heavy atom. The fraction of sp³-hybridized carbons (Fsp3) is 0.179. The minimum Gasteiger partial charge on any atom is -1.00 e. The van der Waals surface area contributed by atoms with Crippen LogP contribution in [0.3, 0.4) is 0 Å². The summed E-state index contributed by atoms with van der Waals surface area (Å²) >= 11 is 11.1. The summed E-state index contributed by atoms with van der Waals surface area (Å²) in [5.41, 5.74) is 9.05. The minimum absolute atomic E-state index is 0. The molecule has 0 bridgehead atoms. The smallest absolute Gasteiger partial charge is 1.00 e. The van der Waals surface area contributed by atoms with E-state index in [1.165, 1.54) is 109 Å². The number of carboxylic acid groups (broad SMARTS) is 2. The van der Waals surface area contributed by atoms with Gasteiger partial charge in [0.1, 0.15) is 42.6 Å². The number of nitrogen functional groups attached to an aromatic ring is 1. The Bertz CT molecular complexity index is 3900. The molecule has 0 unspecified atom stereocenters. The molecule has 4 aromatic carbocycles. The molecule has 6 aromatic heterocycles. The number of benzene rings is 4. The monoisotopic (exact) mass is 1310 g/mol. The molecule has 0 fully saturated rings. The third-order valence-electron chi connectivity index (χ3n) is 11.7. The van der Waals surface area contributed by atoms with Crippen molar-refractivity contribution in [2.75, 3.05) is 17.7 Å². The number of nitrogens with zero attached hydrogens (tertiary/aromatic N) is 13. The van der Waals surface area contributed by atoms with Crippen LogP contribution in [-0.4, -0.2) is 118 Å². The van der Waals surface area contributed by atoms with Crippen LogP contribution < -0.4 is 29.5 Å². The number of likely N-dealkylation sites (N-methyl/N-ethyl adjacent to an activating group) is 1. The number of carboxylic acids is 1. The number of anilines is 2. The first-order valence-electron chi connectivity index (χ1n) is 25.1. The number of carbonyl (C=O) groups is 4. The quantitative estimate of drug-likeness (QED) is 0.0616. The maximum atomic E-state index is 13.0. The molecule has 0 aliphatic heterocycles. The maximum Gasteiger partial charge on any atom is 1.00 e. The van der Waals surface area contributed by atoms with E-state index in [9.17, 15) is 58.3 Å². The number of nitrogens with two attached hydrogens (primary N) is 1. The molecule has 0 saturated carbocycles. The van der Waals surface area contributed by atoms with Gasteiger partial charge in [0.15, 0.2) is 28.7 Å². The van der Waals surface area contributed by atoms with Crippen molar-refractivity contribution in [1.82, 2.24) is 58.7 Å². The first kappa shape index (κ1) is 75.3. The first-order chi connectivity index (χ1) is 41.6. The van der Waals surface area contributed by atoms with Crippen LogP contribution in [-0.2, 0) is 57.5 Å². The third-order valence-corrected chi connectivity index (χ3v) is 12.6. The van der Waals surface area contributed by atoms with Gasteiger partial charge in [0, 0.05) is 25.9 Å². The number of carbonyl (C=O) groups excluding carboxylic acids is 2. The van der Waals surface area contributed by atoms with Crippen molar-refractivity contribution in [2.45, 2.75) is 59.1 Å². The molecule has 472 valence electrons. The number of rotatable bonds is 12. The van der Waals surface area contributed by atoms with Crippen LogP contribution in [0.1, 0.15) is 42.3 Å². The van der Waals surface area contributed by atoms with Crippen LogP contribution >= 0.6 is 23.2 Å². The molecule has 34 heteroatoms. The number of halogens is 12. The molecular weight excluding hydrogens is 1260 g/mol. The molecule has 0 saturated heterocycles. The number of aldehydes is 1. The topological polar surface area (TPSA) is 245 Å². The Kier molecular flexibility index (Phi) is 29.0. The number of aryl methyl sites for hydroxylation is 1. The van der Waals surface area contributed by atoms with E-state index in [1.807, 2.05) is 12.4 Å². The summed E-state index contributed by atoms with van der Waals surface area (Å²) < 4.78 is 134. The molecule has 4 N–H and O–H groups in total. The van der Waals surface area contributed by atoms with Gasteiger partial charge in [0.2, 0.25) is 5.91 Å². The van der Waals surface area contributed by atoms with E-state index < -0.39 is 64.6 Å². The molecular formula is C56H54AlCl2F10LiN14O6. The molecule has 0 aliphatic carbocycles. The number of aliphatic carboxylic acids is 1. The average Bonchev–Trinajstić information content (AvgIpc) is 1.71. The fourth-order valence-corrected chi connectivity index (χ4v) is 7.58. The number of alkyl halides is 6. The third kappa shape index (κ3) is 22.0. The average molecular weight is 1310 g/mol. The normalized spacial score (nSPS) is 10.5. The number of hydrogen-bond donors (Lipinski definition) is 3. The van der Waals surface area contributed by atoms with Gasteiger partial charge in [0.25, 0.3) is 6.47 Å². The second-order valence-corrected chi connectivity index (χ2v) is 18.6. The van der Waals surface area contributed by atoms with E-state index in [0.29, 0.717) is 28.2 Å². The number of amides is 1. The minimum atomic E-state index is -4.71. The molecule has 1 amide bonds. The molecule has 0 atom stereocenters. The van der Waals surface area contributed by atoms with Gasteiger partial charge in [-0.25, -0.2) is 36.3 Å². The molecule has 0 radical (unpaired) electrons. The van der Waals surface area contributed by atoms with Gasteiger partial charge in [-0.15, -0.1) is 0 Å². The van der Waals surface area contributed by atoms with E-state index in [4.69, 9.17) is 43.9 Å². The molecule has 90 heavy (non-hydrogen) atoms. The summed E-state index contributed by atoms with van der Waals surface area (Å²) in [6.45, 7) is 3.37. The Morgan fingerprint density at radius 2 is 0.922 bits per heavy atom. The predicted octanol–water partition coefficient (Wildman–Crippen LogP) is 7.35. The molecule has 10 rings (SSSR count). The molecule has 6 heterocycles. The Hall–Kier alpha value is -8.97. The van der Waals surface area contributed by atoms with E-state index in [2.05, 4.69) is 37.5 Å². The van der Waals surface area contributed by atoms with Gasteiger partial charge >= 0.3 is 37.2 Å². The van der Waals surface area contributed by atoms with Crippen LogP contribution in [0.4, 0.5) is 55.3 Å². The van der Waals surface area contributed by atoms with Crippen molar-refractivity contribution in [3.8, 4) is 22.7 Å². The van der Waals surface area contributed by atoms with Crippen LogP contribution in [0.2, 0.25) is 10.0 Å². The molecule has 10 aromatic rings. The zero-order valence-corrected chi connectivity index (χ0v) is 48.8. The maximum absolute atomic E-state index is 13.0. The first-order valence-corrected chi connectivity index (χ1v) is 25.9. The van der Waals surface area contributed by atoms with Crippen molar-refractivity contribution in [1.29, 1.82) is 0 Å². The Morgan fingerprint density at radius 3 is 1.24 bits per heavy atom. The number of aromatic nitrogens is 12. The summed E-state index contributed by atoms with van der Waals surface area (Å²) in [7, 11) is 1.46. The fourth-order valence-electron chi connectivity index (χ4n) is 7.09. The van der Waals surface area contributed by atoms with E-state index >= 15 is 0 Å². The number of hydrogen-bond acceptors (Lipinski definition) is 11. The molecule has 0 aliphatic rings. The molecule has 20 nitrogen and oxygen atoms in total. The van der Waals surface area contributed by atoms with Crippen molar-refractivity contribution in [2.24, 2.45) is 0 Å².